The van der Waals surface area contributed by atoms with Crippen molar-refractivity contribution in [1.82, 2.24) is 20.3 Å². The molecule has 6 N–H and O–H groups in total. The van der Waals surface area contributed by atoms with E-state index in [0.717, 1.165) is 99.7 Å². The van der Waals surface area contributed by atoms with Crippen molar-refractivity contribution in [3.8, 4) is 22.3 Å². The first-order chi connectivity index (χ1) is 30.1. The van der Waals surface area contributed by atoms with Crippen LogP contribution in [0.5, 0.6) is 0 Å². The van der Waals surface area contributed by atoms with Gasteiger partial charge in [-0.2, -0.15) is 0 Å². The summed E-state index contributed by atoms with van der Waals surface area (Å²) in [6.45, 7) is 10.1. The van der Waals surface area contributed by atoms with Crippen LogP contribution in [0.4, 0.5) is 17.3 Å². The van der Waals surface area contributed by atoms with Crippen LogP contribution in [-0.4, -0.2) is 94.3 Å². The number of anilines is 3. The largest absolute Gasteiger partial charge is 0.397 e. The van der Waals surface area contributed by atoms with Gasteiger partial charge in [0.25, 0.3) is 0 Å². The Balaban J connectivity index is 0.000000294. The third-order valence-corrected chi connectivity index (χ3v) is 15.3. The summed E-state index contributed by atoms with van der Waals surface area (Å²) in [7, 11) is -3.67. The van der Waals surface area contributed by atoms with Crippen LogP contribution in [0.25, 0.3) is 33.3 Å². The molecule has 0 saturated heterocycles. The lowest BCUT2D eigenvalue weighted by Gasteiger charge is -2.15. The number of benzene rings is 2. The Morgan fingerprint density at radius 3 is 1.77 bits per heavy atom. The number of nitrogens with two attached hydrogens (primary N) is 2. The molecule has 0 bridgehead atoms. The van der Waals surface area contributed by atoms with Gasteiger partial charge in [-0.1, -0.05) is 50.8 Å². The van der Waals surface area contributed by atoms with Gasteiger partial charge in [0, 0.05) is 45.1 Å². The fourth-order valence-electron chi connectivity index (χ4n) is 8.30. The molecule has 5 aromatic rings. The van der Waals surface area contributed by atoms with Crippen LogP contribution >= 0.6 is 12.2 Å². The van der Waals surface area contributed by atoms with Gasteiger partial charge in [0.1, 0.15) is 17.0 Å². The number of hydrogen-bond donors (Lipinski definition) is 4. The first kappa shape index (κ1) is 54.7. The van der Waals surface area contributed by atoms with Crippen molar-refractivity contribution in [2.75, 3.05) is 68.8 Å². The van der Waals surface area contributed by atoms with Gasteiger partial charge in [-0.05, 0) is 126 Å². The highest BCUT2D eigenvalue weighted by Crippen LogP contribution is 2.38. The second-order valence-corrected chi connectivity index (χ2v) is 20.5. The number of nitrogens with zero attached hydrogens (tertiary/aromatic N) is 4. The maximum absolute atomic E-state index is 13.5. The molecule has 65 heavy (non-hydrogen) atoms. The number of aromatic amines is 1. The standard InChI is InChI=1S/C22H30N4O4S.C17H23N3O3S.C5H9NOS.2CH4/c1-14-20(15(2)30-26-14)17-11-18-21(25-22(24-18)23-9-6-10-29-3)19(12-17)31(27,28)13-16-7-4-5-8-16;1-10-16(11(2)23-20-10)13-7-14(18)17(19)15(8-13)24(21,22)9-12-5-3-4-6-12;1-7-4-2-3-6-5-8;;/h11-12,16H,4-10,13H2,1-3H3,(H2,23,24,25);7-8,12H,3-6,9,18-19H2,1-2H3;2-4H2,1H3;2*1H4. The van der Waals surface area contributed by atoms with E-state index in [-0.39, 0.29) is 59.4 Å². The number of rotatable bonds is 17. The molecule has 0 unspecified atom stereocenters. The van der Waals surface area contributed by atoms with Gasteiger partial charge >= 0.3 is 0 Å². The molecule has 2 saturated carbocycles. The van der Waals surface area contributed by atoms with E-state index in [1.54, 1.807) is 39.3 Å². The van der Waals surface area contributed by atoms with Crippen LogP contribution in [-0.2, 0) is 29.1 Å². The van der Waals surface area contributed by atoms with E-state index < -0.39 is 19.7 Å². The van der Waals surface area contributed by atoms with Crippen LogP contribution in [0.2, 0.25) is 0 Å². The van der Waals surface area contributed by atoms with E-state index in [4.69, 9.17) is 30.0 Å². The summed E-state index contributed by atoms with van der Waals surface area (Å²) in [5, 5.41) is 13.5. The number of methoxy groups -OCH3 is 2. The minimum absolute atomic E-state index is 0. The molecule has 2 fully saturated rings. The Morgan fingerprint density at radius 2 is 1.28 bits per heavy atom. The molecule has 2 aliphatic carbocycles. The topological polar surface area (TPSA) is 244 Å². The highest BCUT2D eigenvalue weighted by atomic mass is 32.2. The molecule has 360 valence electrons. The monoisotopic (exact) mass is 958 g/mol. The summed E-state index contributed by atoms with van der Waals surface area (Å²) in [5.74, 6) is 2.55. The van der Waals surface area contributed by atoms with E-state index >= 15 is 0 Å². The van der Waals surface area contributed by atoms with Gasteiger partial charge in [0.15, 0.2) is 19.7 Å². The average molecular weight is 959 g/mol. The number of nitrogen functional groups attached to an aromatic ring is 2. The Morgan fingerprint density at radius 1 is 0.785 bits per heavy atom. The zero-order valence-electron chi connectivity index (χ0n) is 37.2. The number of aliphatic imine (C=N–C) groups is 1. The zero-order valence-corrected chi connectivity index (χ0v) is 39.7. The molecule has 2 aromatic carbocycles. The van der Waals surface area contributed by atoms with Gasteiger partial charge < -0.3 is 40.3 Å². The lowest BCUT2D eigenvalue weighted by Crippen LogP contribution is -2.16. The Hall–Kier alpha value is -4.65. The predicted molar refractivity (Wildman–Crippen MR) is 264 cm³/mol. The van der Waals surface area contributed by atoms with Crippen molar-refractivity contribution in [3.63, 3.8) is 0 Å². The third kappa shape index (κ3) is 14.4. The van der Waals surface area contributed by atoms with Crippen molar-refractivity contribution in [3.05, 3.63) is 47.2 Å². The number of nitrogens with one attached hydrogen (secondary N) is 2. The van der Waals surface area contributed by atoms with Gasteiger partial charge in [0.05, 0.1) is 61.3 Å². The number of H-pyrrole nitrogens is 1. The summed E-state index contributed by atoms with van der Waals surface area (Å²) in [4.78, 5) is 11.9. The molecule has 3 aromatic heterocycles. The average Bonchev–Trinajstić information content (AvgIpc) is 4.11. The van der Waals surface area contributed by atoms with Crippen LogP contribution in [0.15, 0.2) is 48.1 Å². The van der Waals surface area contributed by atoms with Crippen molar-refractivity contribution >= 4 is 65.4 Å². The Kier molecular flexibility index (Phi) is 21.3. The second kappa shape index (κ2) is 25.3. The number of isothiocyanates is 1. The number of fused-ring (bicyclic) bond motifs is 1. The predicted octanol–water partition coefficient (Wildman–Crippen LogP) is 9.73. The Labute approximate surface area is 390 Å². The van der Waals surface area contributed by atoms with Crippen LogP contribution in [0.1, 0.15) is 102 Å². The molecular weight excluding hydrogens is 889 g/mol. The second-order valence-electron chi connectivity index (χ2n) is 16.3. The minimum Gasteiger partial charge on any atom is -0.397 e. The van der Waals surface area contributed by atoms with E-state index in [0.29, 0.717) is 52.9 Å². The number of thiocarbonyl (C=S) groups is 1. The highest BCUT2D eigenvalue weighted by molar-refractivity contribution is 7.92. The van der Waals surface area contributed by atoms with E-state index in [1.165, 1.54) is 0 Å². The summed E-state index contributed by atoms with van der Waals surface area (Å²) < 4.78 is 73.1. The summed E-state index contributed by atoms with van der Waals surface area (Å²) in [6, 6.07) is 6.93. The first-order valence-corrected chi connectivity index (χ1v) is 25.1. The van der Waals surface area contributed by atoms with Crippen LogP contribution in [0, 0.1) is 39.5 Å². The van der Waals surface area contributed by atoms with E-state index in [9.17, 15) is 16.8 Å². The van der Waals surface area contributed by atoms with Crippen LogP contribution < -0.4 is 16.8 Å². The normalized spacial score (nSPS) is 14.1. The molecule has 0 atom stereocenters. The summed E-state index contributed by atoms with van der Waals surface area (Å²) in [5.41, 5.74) is 18.0. The number of aromatic nitrogens is 4. The summed E-state index contributed by atoms with van der Waals surface area (Å²) in [6.07, 6.45) is 10.0. The minimum atomic E-state index is -3.51. The van der Waals surface area contributed by atoms with Gasteiger partial charge in [-0.25, -0.2) is 26.8 Å². The fourth-order valence-corrected chi connectivity index (χ4v) is 12.2. The zero-order chi connectivity index (χ0) is 45.7. The number of ether oxygens (including phenoxy) is 2. The molecule has 2 aliphatic rings. The molecule has 0 aliphatic heterocycles. The maximum atomic E-state index is 13.5. The SMILES string of the molecule is C.C.COCCCN=C=S.COCCCNc1nc2c(S(=O)(=O)CC3CCCC3)cc(-c3c(C)noc3C)cc2[nH]1.Cc1noc(C)c1-c1cc(N)c(N)c(S(=O)(=O)CC2CCCC2)c1. The van der Waals surface area contributed by atoms with Crippen LogP contribution in [0.3, 0.4) is 0 Å². The summed E-state index contributed by atoms with van der Waals surface area (Å²) >= 11 is 4.34. The third-order valence-electron chi connectivity index (χ3n) is 11.4. The maximum Gasteiger partial charge on any atom is 0.201 e. The molecule has 0 spiro atoms. The molecule has 0 radical (unpaired) electrons. The molecule has 16 nitrogen and oxygen atoms in total. The number of aryl methyl sites for hydroxylation is 4. The number of hydrogen-bond acceptors (Lipinski definition) is 16. The van der Waals surface area contributed by atoms with Gasteiger partial charge in [-0.15, -0.1) is 0 Å². The highest BCUT2D eigenvalue weighted by Gasteiger charge is 2.30. The molecule has 3 heterocycles. The Bertz CT molecular complexity index is 2530. The smallest absolute Gasteiger partial charge is 0.201 e. The quantitative estimate of drug-likeness (QED) is 0.0293. The number of sulfone groups is 2. The van der Waals surface area contributed by atoms with Gasteiger partial charge in [0.2, 0.25) is 5.95 Å². The number of imidazole rings is 1. The van der Waals surface area contributed by atoms with Crippen molar-refractivity contribution in [2.24, 2.45) is 16.8 Å². The molecule has 7 rings (SSSR count). The lowest BCUT2D eigenvalue weighted by molar-refractivity contribution is 0.197. The lowest BCUT2D eigenvalue weighted by atomic mass is 10.0. The first-order valence-electron chi connectivity index (χ1n) is 21.4. The van der Waals surface area contributed by atoms with Crippen molar-refractivity contribution < 1.29 is 35.4 Å². The van der Waals surface area contributed by atoms with Crippen molar-refractivity contribution in [2.45, 2.75) is 117 Å². The van der Waals surface area contributed by atoms with E-state index in [1.807, 2.05) is 26.8 Å². The molecule has 19 heteroatoms. The van der Waals surface area contributed by atoms with E-state index in [2.05, 4.69) is 48.0 Å². The fraction of sp³-hybridized carbons (Fsp3) is 0.565. The van der Waals surface area contributed by atoms with Gasteiger partial charge in [-0.3, -0.25) is 0 Å². The van der Waals surface area contributed by atoms with Crippen molar-refractivity contribution in [1.29, 1.82) is 0 Å². The molecular formula is C46H70N8O8S3. The molecule has 0 amide bonds.